The van der Waals surface area contributed by atoms with Crippen LogP contribution in [0.4, 0.5) is 5.69 Å². The topological polar surface area (TPSA) is 29.9 Å². The summed E-state index contributed by atoms with van der Waals surface area (Å²) in [5, 5.41) is 7.83. The molecule has 0 atom stereocenters. The third-order valence-electron chi connectivity index (χ3n) is 3.58. The monoisotopic (exact) mass is 277 g/mol. The van der Waals surface area contributed by atoms with Crippen LogP contribution in [0.5, 0.6) is 0 Å². The van der Waals surface area contributed by atoms with Gasteiger partial charge in [0.05, 0.1) is 12.2 Å². The average molecular weight is 277 g/mol. The van der Waals surface area contributed by atoms with Crippen molar-refractivity contribution in [3.63, 3.8) is 0 Å². The van der Waals surface area contributed by atoms with Gasteiger partial charge in [-0.25, -0.2) is 0 Å². The van der Waals surface area contributed by atoms with Gasteiger partial charge in [-0.05, 0) is 24.6 Å². The van der Waals surface area contributed by atoms with Crippen LogP contribution in [-0.2, 0) is 13.1 Å². The maximum absolute atomic E-state index is 4.30. The molecule has 3 rings (SSSR count). The van der Waals surface area contributed by atoms with Gasteiger partial charge in [0.2, 0.25) is 0 Å². The largest absolute Gasteiger partial charge is 0.379 e. The fourth-order valence-electron chi connectivity index (χ4n) is 2.49. The minimum absolute atomic E-state index is 0.775. The van der Waals surface area contributed by atoms with Crippen molar-refractivity contribution < 1.29 is 0 Å². The molecule has 0 saturated heterocycles. The predicted octanol–water partition coefficient (Wildman–Crippen LogP) is 4.18. The highest BCUT2D eigenvalue weighted by molar-refractivity contribution is 5.77. The molecule has 0 saturated carbocycles. The molecule has 0 radical (unpaired) electrons. The number of anilines is 1. The normalized spacial score (nSPS) is 10.5. The van der Waals surface area contributed by atoms with Crippen LogP contribution in [0.2, 0.25) is 0 Å². The Morgan fingerprint density at radius 3 is 2.52 bits per heavy atom. The highest BCUT2D eigenvalue weighted by Crippen LogP contribution is 2.27. The Morgan fingerprint density at radius 2 is 1.71 bits per heavy atom. The first-order valence-electron chi connectivity index (χ1n) is 7.27. The van der Waals surface area contributed by atoms with Gasteiger partial charge in [0.1, 0.15) is 0 Å². The van der Waals surface area contributed by atoms with Crippen molar-refractivity contribution in [1.82, 2.24) is 9.78 Å². The summed E-state index contributed by atoms with van der Waals surface area (Å²) in [6, 6.07) is 20.9. The first-order valence-corrected chi connectivity index (χ1v) is 7.27. The number of nitrogens with zero attached hydrogens (tertiary/aromatic N) is 2. The lowest BCUT2D eigenvalue weighted by Gasteiger charge is -2.13. The average Bonchev–Trinajstić information content (AvgIpc) is 3.01. The van der Waals surface area contributed by atoms with Crippen LogP contribution in [-0.4, -0.2) is 9.78 Å². The van der Waals surface area contributed by atoms with Gasteiger partial charge in [0.15, 0.2) is 0 Å². The third kappa shape index (κ3) is 2.97. The van der Waals surface area contributed by atoms with Crippen LogP contribution in [0.1, 0.15) is 12.6 Å². The van der Waals surface area contributed by atoms with Gasteiger partial charge in [0.25, 0.3) is 0 Å². The maximum atomic E-state index is 4.30. The quantitative estimate of drug-likeness (QED) is 0.758. The van der Waals surface area contributed by atoms with E-state index in [0.717, 1.165) is 18.8 Å². The maximum Gasteiger partial charge on any atom is 0.0575 e. The number of aromatic nitrogens is 2. The molecule has 3 heteroatoms. The van der Waals surface area contributed by atoms with E-state index in [1.54, 1.807) is 0 Å². The van der Waals surface area contributed by atoms with Crippen molar-refractivity contribution in [1.29, 1.82) is 0 Å². The molecule has 2 aromatic carbocycles. The lowest BCUT2D eigenvalue weighted by molar-refractivity contribution is 0.627. The Kier molecular flexibility index (Phi) is 4.01. The second-order valence-corrected chi connectivity index (χ2v) is 4.90. The number of aryl methyl sites for hydroxylation is 1. The van der Waals surface area contributed by atoms with E-state index in [9.17, 15) is 0 Å². The van der Waals surface area contributed by atoms with Crippen LogP contribution < -0.4 is 5.32 Å². The van der Waals surface area contributed by atoms with Gasteiger partial charge in [-0.1, -0.05) is 48.5 Å². The second kappa shape index (κ2) is 6.27. The van der Waals surface area contributed by atoms with Crippen molar-refractivity contribution in [3.05, 3.63) is 72.6 Å². The Labute approximate surface area is 125 Å². The van der Waals surface area contributed by atoms with Gasteiger partial charge in [-0.3, -0.25) is 4.68 Å². The van der Waals surface area contributed by atoms with Crippen LogP contribution in [0.15, 0.2) is 66.9 Å². The summed E-state index contributed by atoms with van der Waals surface area (Å²) in [5.41, 5.74) is 4.79. The molecule has 0 fully saturated rings. The van der Waals surface area contributed by atoms with E-state index in [2.05, 4.69) is 71.9 Å². The highest BCUT2D eigenvalue weighted by atomic mass is 15.3. The van der Waals surface area contributed by atoms with E-state index >= 15 is 0 Å². The molecule has 0 aliphatic rings. The SMILES string of the molecule is CCn1nccc1CNc1ccccc1-c1ccccc1. The molecule has 1 N–H and O–H groups in total. The molecule has 1 aromatic heterocycles. The van der Waals surface area contributed by atoms with E-state index in [1.165, 1.54) is 16.8 Å². The molecule has 0 bridgehead atoms. The third-order valence-corrected chi connectivity index (χ3v) is 3.58. The number of para-hydroxylation sites is 1. The summed E-state index contributed by atoms with van der Waals surface area (Å²) < 4.78 is 2.01. The lowest BCUT2D eigenvalue weighted by atomic mass is 10.0. The molecule has 21 heavy (non-hydrogen) atoms. The summed E-state index contributed by atoms with van der Waals surface area (Å²) in [6.07, 6.45) is 1.85. The van der Waals surface area contributed by atoms with E-state index in [4.69, 9.17) is 0 Å². The summed E-state index contributed by atoms with van der Waals surface area (Å²) in [7, 11) is 0. The van der Waals surface area contributed by atoms with E-state index in [-0.39, 0.29) is 0 Å². The van der Waals surface area contributed by atoms with Crippen LogP contribution in [0, 0.1) is 0 Å². The Balaban J connectivity index is 1.83. The van der Waals surface area contributed by atoms with Gasteiger partial charge in [-0.15, -0.1) is 0 Å². The summed E-state index contributed by atoms with van der Waals surface area (Å²) in [6.45, 7) is 3.77. The Hall–Kier alpha value is -2.55. The molecule has 1 heterocycles. The minimum atomic E-state index is 0.775. The first-order chi connectivity index (χ1) is 10.4. The molecule has 0 unspecified atom stereocenters. The van der Waals surface area contributed by atoms with Crippen molar-refractivity contribution in [2.24, 2.45) is 0 Å². The second-order valence-electron chi connectivity index (χ2n) is 4.90. The van der Waals surface area contributed by atoms with E-state index in [0.29, 0.717) is 0 Å². The Morgan fingerprint density at radius 1 is 0.952 bits per heavy atom. The Bertz CT molecular complexity index is 701. The van der Waals surface area contributed by atoms with Crippen LogP contribution in [0.3, 0.4) is 0 Å². The zero-order chi connectivity index (χ0) is 14.5. The summed E-state index contributed by atoms with van der Waals surface area (Å²) in [4.78, 5) is 0. The molecule has 3 nitrogen and oxygen atoms in total. The fourth-order valence-corrected chi connectivity index (χ4v) is 2.49. The molecule has 0 spiro atoms. The van der Waals surface area contributed by atoms with Gasteiger partial charge in [0, 0.05) is 24.0 Å². The highest BCUT2D eigenvalue weighted by Gasteiger charge is 2.05. The van der Waals surface area contributed by atoms with Gasteiger partial charge in [-0.2, -0.15) is 5.10 Å². The number of benzene rings is 2. The van der Waals surface area contributed by atoms with Crippen molar-refractivity contribution >= 4 is 5.69 Å². The van der Waals surface area contributed by atoms with Crippen molar-refractivity contribution in [2.75, 3.05) is 5.32 Å². The van der Waals surface area contributed by atoms with E-state index < -0.39 is 0 Å². The zero-order valence-corrected chi connectivity index (χ0v) is 12.2. The number of hydrogen-bond acceptors (Lipinski definition) is 2. The van der Waals surface area contributed by atoms with Crippen molar-refractivity contribution in [2.45, 2.75) is 20.0 Å². The smallest absolute Gasteiger partial charge is 0.0575 e. The molecular weight excluding hydrogens is 258 g/mol. The van der Waals surface area contributed by atoms with E-state index in [1.807, 2.05) is 16.9 Å². The van der Waals surface area contributed by atoms with Gasteiger partial charge < -0.3 is 5.32 Å². The van der Waals surface area contributed by atoms with Crippen molar-refractivity contribution in [3.8, 4) is 11.1 Å². The zero-order valence-electron chi connectivity index (χ0n) is 12.2. The van der Waals surface area contributed by atoms with Crippen LogP contribution in [0.25, 0.3) is 11.1 Å². The minimum Gasteiger partial charge on any atom is -0.379 e. The first kappa shape index (κ1) is 13.4. The summed E-state index contributed by atoms with van der Waals surface area (Å²) >= 11 is 0. The summed E-state index contributed by atoms with van der Waals surface area (Å²) in [5.74, 6) is 0. The van der Waals surface area contributed by atoms with Crippen LogP contribution >= 0.6 is 0 Å². The lowest BCUT2D eigenvalue weighted by Crippen LogP contribution is -2.08. The molecule has 3 aromatic rings. The van der Waals surface area contributed by atoms with Gasteiger partial charge >= 0.3 is 0 Å². The fraction of sp³-hybridized carbons (Fsp3) is 0.167. The number of hydrogen-bond donors (Lipinski definition) is 1. The molecule has 0 aliphatic heterocycles. The molecular formula is C18H19N3. The standard InChI is InChI=1S/C18H19N3/c1-2-21-16(12-13-20-21)14-19-18-11-7-6-10-17(18)15-8-4-3-5-9-15/h3-13,19H,2,14H2,1H3. The number of nitrogens with one attached hydrogen (secondary N) is 1. The molecule has 0 aliphatic carbocycles. The molecule has 0 amide bonds. The predicted molar refractivity (Wildman–Crippen MR) is 87.1 cm³/mol. The number of rotatable bonds is 5. The molecule has 106 valence electrons.